The van der Waals surface area contributed by atoms with E-state index in [1.807, 2.05) is 17.4 Å². The molecule has 0 radical (unpaired) electrons. The van der Waals surface area contributed by atoms with Gasteiger partial charge in [-0.05, 0) is 103 Å². The first kappa shape index (κ1) is 33.7. The molecule has 0 spiro atoms. The zero-order chi connectivity index (χ0) is 38.9. The Bertz CT molecular complexity index is 3560. The van der Waals surface area contributed by atoms with Gasteiger partial charge in [0.1, 0.15) is 5.58 Å². The molecule has 0 atom stereocenters. The van der Waals surface area contributed by atoms with Gasteiger partial charge in [-0.25, -0.2) is 0 Å². The van der Waals surface area contributed by atoms with E-state index >= 15 is 0 Å². The molecule has 0 fully saturated rings. The summed E-state index contributed by atoms with van der Waals surface area (Å²) in [5, 5.41) is 9.66. The quantitative estimate of drug-likeness (QED) is 0.167. The SMILES string of the molecule is c1ccc(-c2cccc3ccc(-c4ccc(N(c5cccc6c5oc5ccccc56)c5ccc(-c6ccc7ccccc7c6)c6sc7ccccc7c56)cc4)cc23)cc1. The van der Waals surface area contributed by atoms with Crippen molar-refractivity contribution in [1.29, 1.82) is 0 Å². The van der Waals surface area contributed by atoms with Crippen molar-refractivity contribution in [1.82, 2.24) is 0 Å². The third-order valence-corrected chi connectivity index (χ3v) is 13.1. The van der Waals surface area contributed by atoms with Crippen molar-refractivity contribution in [3.05, 3.63) is 212 Å². The molecule has 0 saturated carbocycles. The lowest BCUT2D eigenvalue weighted by Gasteiger charge is -2.27. The number of rotatable bonds is 6. The van der Waals surface area contributed by atoms with Gasteiger partial charge in [-0.2, -0.15) is 0 Å². The lowest BCUT2D eigenvalue weighted by molar-refractivity contribution is 0.669. The van der Waals surface area contributed by atoms with Gasteiger partial charge in [0.25, 0.3) is 0 Å². The summed E-state index contributed by atoms with van der Waals surface area (Å²) >= 11 is 1.87. The molecule has 10 aromatic carbocycles. The Morgan fingerprint density at radius 2 is 1.07 bits per heavy atom. The summed E-state index contributed by atoms with van der Waals surface area (Å²) in [5.41, 5.74) is 12.2. The fraction of sp³-hybridized carbons (Fsp3) is 0. The molecular formula is C56H35NOS. The first-order valence-corrected chi connectivity index (χ1v) is 20.9. The molecule has 3 heteroatoms. The summed E-state index contributed by atoms with van der Waals surface area (Å²) in [5.74, 6) is 0. The molecule has 2 nitrogen and oxygen atoms in total. The van der Waals surface area contributed by atoms with Crippen LogP contribution in [0.3, 0.4) is 0 Å². The molecular weight excluding hydrogens is 735 g/mol. The van der Waals surface area contributed by atoms with Crippen LogP contribution in [0.5, 0.6) is 0 Å². The predicted molar refractivity (Wildman–Crippen MR) is 253 cm³/mol. The second-order valence-corrected chi connectivity index (χ2v) is 16.3. The van der Waals surface area contributed by atoms with Gasteiger partial charge in [-0.3, -0.25) is 0 Å². The third kappa shape index (κ3) is 5.55. The zero-order valence-electron chi connectivity index (χ0n) is 32.0. The minimum atomic E-state index is 0.868. The smallest absolute Gasteiger partial charge is 0.159 e. The van der Waals surface area contributed by atoms with Gasteiger partial charge in [0.2, 0.25) is 0 Å². The molecule has 12 rings (SSSR count). The van der Waals surface area contributed by atoms with Crippen LogP contribution in [-0.4, -0.2) is 0 Å². The number of hydrogen-bond acceptors (Lipinski definition) is 3. The molecule has 0 aliphatic heterocycles. The summed E-state index contributed by atoms with van der Waals surface area (Å²) < 4.78 is 9.30. The Morgan fingerprint density at radius 1 is 0.373 bits per heavy atom. The van der Waals surface area contributed by atoms with Crippen molar-refractivity contribution in [2.75, 3.05) is 4.90 Å². The van der Waals surface area contributed by atoms with Gasteiger partial charge in [-0.15, -0.1) is 11.3 Å². The van der Waals surface area contributed by atoms with Gasteiger partial charge < -0.3 is 9.32 Å². The van der Waals surface area contributed by atoms with E-state index in [0.717, 1.165) is 44.6 Å². The number of benzene rings is 10. The van der Waals surface area contributed by atoms with E-state index in [9.17, 15) is 0 Å². The fourth-order valence-electron chi connectivity index (χ4n) is 9.02. The fourth-order valence-corrected chi connectivity index (χ4v) is 10.3. The van der Waals surface area contributed by atoms with E-state index in [-0.39, 0.29) is 0 Å². The van der Waals surface area contributed by atoms with Crippen LogP contribution in [-0.2, 0) is 0 Å². The molecule has 0 N–H and O–H groups in total. The Labute approximate surface area is 345 Å². The van der Waals surface area contributed by atoms with Crippen molar-refractivity contribution in [2.24, 2.45) is 0 Å². The minimum Gasteiger partial charge on any atom is -0.454 e. The number of nitrogens with zero attached hydrogens (tertiary/aromatic N) is 1. The molecule has 0 saturated heterocycles. The first-order chi connectivity index (χ1) is 29.2. The van der Waals surface area contributed by atoms with Gasteiger partial charge in [-0.1, -0.05) is 164 Å². The number of thiophene rings is 1. The highest BCUT2D eigenvalue weighted by molar-refractivity contribution is 7.26. The lowest BCUT2D eigenvalue weighted by atomic mass is 9.94. The maximum atomic E-state index is 6.77. The first-order valence-electron chi connectivity index (χ1n) is 20.1. The van der Waals surface area contributed by atoms with Crippen molar-refractivity contribution in [3.8, 4) is 33.4 Å². The number of anilines is 3. The Kier molecular flexibility index (Phi) is 7.75. The number of furan rings is 1. The van der Waals surface area contributed by atoms with Crippen LogP contribution in [0, 0.1) is 0 Å². The molecule has 59 heavy (non-hydrogen) atoms. The van der Waals surface area contributed by atoms with Crippen LogP contribution in [0.15, 0.2) is 217 Å². The molecule has 0 amide bonds. The largest absolute Gasteiger partial charge is 0.454 e. The van der Waals surface area contributed by atoms with E-state index in [1.165, 1.54) is 69.5 Å². The summed E-state index contributed by atoms with van der Waals surface area (Å²) in [4.78, 5) is 2.41. The molecule has 0 unspecified atom stereocenters. The molecule has 0 aliphatic rings. The second-order valence-electron chi connectivity index (χ2n) is 15.2. The third-order valence-electron chi connectivity index (χ3n) is 11.9. The van der Waals surface area contributed by atoms with E-state index < -0.39 is 0 Å². The number of hydrogen-bond donors (Lipinski definition) is 0. The molecule has 2 heterocycles. The van der Waals surface area contributed by atoms with E-state index in [4.69, 9.17) is 4.42 Å². The highest BCUT2D eigenvalue weighted by Crippen LogP contribution is 2.50. The Morgan fingerprint density at radius 3 is 1.97 bits per heavy atom. The van der Waals surface area contributed by atoms with Crippen LogP contribution in [0.1, 0.15) is 0 Å². The van der Waals surface area contributed by atoms with Gasteiger partial charge in [0, 0.05) is 36.6 Å². The van der Waals surface area contributed by atoms with E-state index in [0.29, 0.717) is 0 Å². The molecule has 2 aromatic heterocycles. The summed E-state index contributed by atoms with van der Waals surface area (Å²) in [6.07, 6.45) is 0. The average molecular weight is 770 g/mol. The van der Waals surface area contributed by atoms with Crippen molar-refractivity contribution < 1.29 is 4.42 Å². The summed E-state index contributed by atoms with van der Waals surface area (Å²) in [6, 6.07) is 76.9. The second kappa shape index (κ2) is 13.6. The molecule has 0 aliphatic carbocycles. The van der Waals surface area contributed by atoms with Crippen LogP contribution in [0.4, 0.5) is 17.1 Å². The highest BCUT2D eigenvalue weighted by atomic mass is 32.1. The Balaban J connectivity index is 1.07. The van der Waals surface area contributed by atoms with Crippen molar-refractivity contribution in [2.45, 2.75) is 0 Å². The maximum absolute atomic E-state index is 6.77. The molecule has 12 aromatic rings. The predicted octanol–water partition coefficient (Wildman–Crippen LogP) is 16.7. The van der Waals surface area contributed by atoms with Crippen LogP contribution in [0.25, 0.3) is 97.0 Å². The van der Waals surface area contributed by atoms with Crippen molar-refractivity contribution >= 4 is 92.1 Å². The van der Waals surface area contributed by atoms with Gasteiger partial charge in [0.15, 0.2) is 5.58 Å². The minimum absolute atomic E-state index is 0.868. The number of fused-ring (bicyclic) bond motifs is 8. The van der Waals surface area contributed by atoms with Crippen LogP contribution in [0.2, 0.25) is 0 Å². The monoisotopic (exact) mass is 769 g/mol. The highest BCUT2D eigenvalue weighted by Gasteiger charge is 2.24. The summed E-state index contributed by atoms with van der Waals surface area (Å²) in [6.45, 7) is 0. The van der Waals surface area contributed by atoms with Crippen molar-refractivity contribution in [3.63, 3.8) is 0 Å². The number of para-hydroxylation sites is 2. The summed E-state index contributed by atoms with van der Waals surface area (Å²) in [7, 11) is 0. The van der Waals surface area contributed by atoms with Gasteiger partial charge >= 0.3 is 0 Å². The normalized spacial score (nSPS) is 11.7. The molecule has 0 bridgehead atoms. The standard InChI is InChI=1S/C56H35NOS/c1-2-13-38(14-3-1)44-19-10-16-39-25-26-41(35-49(39)44)37-28-30-43(31-29-37)57(51-21-11-20-47-46-17-6-8-22-52(46)58-55(47)51)50-33-32-45(42-27-24-36-12-4-5-15-40(36)34-42)56-54(50)48-18-7-9-23-53(48)59-56/h1-35H. The zero-order valence-corrected chi connectivity index (χ0v) is 32.8. The van der Waals surface area contributed by atoms with E-state index in [1.54, 1.807) is 0 Å². The topological polar surface area (TPSA) is 16.4 Å². The van der Waals surface area contributed by atoms with E-state index in [2.05, 4.69) is 211 Å². The molecule has 276 valence electrons. The maximum Gasteiger partial charge on any atom is 0.159 e. The average Bonchev–Trinajstić information content (AvgIpc) is 3.89. The van der Waals surface area contributed by atoms with Gasteiger partial charge in [0.05, 0.1) is 11.4 Å². The van der Waals surface area contributed by atoms with Crippen LogP contribution >= 0.6 is 11.3 Å². The van der Waals surface area contributed by atoms with Crippen LogP contribution < -0.4 is 4.90 Å². The Hall–Kier alpha value is -7.46. The lowest BCUT2D eigenvalue weighted by Crippen LogP contribution is -2.10.